The zero-order valence-corrected chi connectivity index (χ0v) is 23.6. The van der Waals surface area contributed by atoms with Crippen molar-refractivity contribution >= 4 is 39.6 Å². The Hall–Kier alpha value is -3.47. The fraction of sp³-hybridized carbons (Fsp3) is 0.345. The second-order valence-corrected chi connectivity index (χ2v) is 12.2. The number of carbonyl (C=O) groups excluding carboxylic acids is 2. The first-order valence-electron chi connectivity index (χ1n) is 13.2. The molecule has 3 aromatic heterocycles. The lowest BCUT2D eigenvalue weighted by atomic mass is 9.97. The highest BCUT2D eigenvalue weighted by molar-refractivity contribution is 7.16. The Morgan fingerprint density at radius 1 is 1.13 bits per heavy atom. The van der Waals surface area contributed by atoms with Crippen molar-refractivity contribution in [1.82, 2.24) is 24.8 Å². The van der Waals surface area contributed by atoms with Crippen LogP contribution in [0, 0.1) is 0 Å². The predicted molar refractivity (Wildman–Crippen MR) is 154 cm³/mol. The van der Waals surface area contributed by atoms with Crippen molar-refractivity contribution in [3.05, 3.63) is 81.6 Å². The summed E-state index contributed by atoms with van der Waals surface area (Å²) in [6.07, 6.45) is 8.25. The highest BCUT2D eigenvalue weighted by Gasteiger charge is 2.32. The Balaban J connectivity index is 1.16. The number of benzene rings is 1. The van der Waals surface area contributed by atoms with Gasteiger partial charge >= 0.3 is 0 Å². The summed E-state index contributed by atoms with van der Waals surface area (Å²) in [5.74, 6) is -0.258. The zero-order chi connectivity index (χ0) is 26.9. The van der Waals surface area contributed by atoms with E-state index in [1.165, 1.54) is 16.2 Å². The Morgan fingerprint density at radius 2 is 2.03 bits per heavy atom. The van der Waals surface area contributed by atoms with Gasteiger partial charge in [0.15, 0.2) is 5.13 Å². The van der Waals surface area contributed by atoms with Gasteiger partial charge in [0, 0.05) is 52.8 Å². The van der Waals surface area contributed by atoms with Crippen LogP contribution in [0.1, 0.15) is 62.3 Å². The Kier molecular flexibility index (Phi) is 7.24. The van der Waals surface area contributed by atoms with Crippen LogP contribution in [-0.4, -0.2) is 63.2 Å². The van der Waals surface area contributed by atoms with Gasteiger partial charge in [0.1, 0.15) is 10.7 Å². The number of likely N-dealkylation sites (tertiary alicyclic amines) is 1. The SMILES string of the molecule is CN(C)[C@H]1CCc2sc(NC(=O)c3cccc([C@H]4CCCN4C(=O)c4csc(-c5cccnc5)n4)c3)nc2C1. The normalized spacial score (nSPS) is 18.8. The van der Waals surface area contributed by atoms with Crippen molar-refractivity contribution in [2.45, 2.75) is 44.2 Å². The van der Waals surface area contributed by atoms with Crippen molar-refractivity contribution in [2.75, 3.05) is 26.0 Å². The number of nitrogens with one attached hydrogen (secondary N) is 1. The molecule has 8 nitrogen and oxygen atoms in total. The molecule has 6 rings (SSSR count). The van der Waals surface area contributed by atoms with Gasteiger partial charge in [-0.2, -0.15) is 0 Å². The molecule has 10 heteroatoms. The molecule has 1 aromatic carbocycles. The van der Waals surface area contributed by atoms with E-state index >= 15 is 0 Å². The highest BCUT2D eigenvalue weighted by Crippen LogP contribution is 2.35. The lowest BCUT2D eigenvalue weighted by Crippen LogP contribution is -2.33. The molecule has 0 radical (unpaired) electrons. The van der Waals surface area contributed by atoms with Crippen molar-refractivity contribution in [2.24, 2.45) is 0 Å². The average molecular weight is 559 g/mol. The molecule has 0 spiro atoms. The molecule has 0 bridgehead atoms. The number of fused-ring (bicyclic) bond motifs is 1. The lowest BCUT2D eigenvalue weighted by Gasteiger charge is -2.27. The lowest BCUT2D eigenvalue weighted by molar-refractivity contribution is 0.0730. The number of hydrogen-bond acceptors (Lipinski definition) is 8. The van der Waals surface area contributed by atoms with E-state index in [0.29, 0.717) is 29.0 Å². The minimum absolute atomic E-state index is 0.0804. The first-order valence-corrected chi connectivity index (χ1v) is 14.9. The predicted octanol–water partition coefficient (Wildman–Crippen LogP) is 5.31. The maximum atomic E-state index is 13.5. The largest absolute Gasteiger partial charge is 0.330 e. The van der Waals surface area contributed by atoms with Crippen molar-refractivity contribution in [3.63, 3.8) is 0 Å². The van der Waals surface area contributed by atoms with Crippen LogP contribution in [0.4, 0.5) is 5.13 Å². The third kappa shape index (κ3) is 5.36. The zero-order valence-electron chi connectivity index (χ0n) is 22.0. The smallest absolute Gasteiger partial charge is 0.273 e. The second kappa shape index (κ2) is 11.0. The van der Waals surface area contributed by atoms with E-state index in [1.54, 1.807) is 23.7 Å². The second-order valence-electron chi connectivity index (χ2n) is 10.3. The molecule has 2 aliphatic rings. The molecule has 4 heterocycles. The molecule has 39 heavy (non-hydrogen) atoms. The van der Waals surface area contributed by atoms with Crippen LogP contribution in [0.25, 0.3) is 10.6 Å². The summed E-state index contributed by atoms with van der Waals surface area (Å²) in [5.41, 5.74) is 3.98. The van der Waals surface area contributed by atoms with Crippen LogP contribution in [0.15, 0.2) is 54.2 Å². The number of pyridine rings is 1. The molecule has 0 unspecified atom stereocenters. The number of nitrogens with zero attached hydrogens (tertiary/aromatic N) is 5. The Bertz CT molecular complexity index is 1500. The van der Waals surface area contributed by atoms with Gasteiger partial charge in [0.05, 0.1) is 11.7 Å². The fourth-order valence-corrected chi connectivity index (χ4v) is 7.19. The molecule has 1 fully saturated rings. The Labute approximate surface area is 235 Å². The first-order chi connectivity index (χ1) is 19.0. The molecule has 1 N–H and O–H groups in total. The number of carbonyl (C=O) groups is 2. The van der Waals surface area contributed by atoms with Crippen molar-refractivity contribution in [3.8, 4) is 10.6 Å². The minimum atomic E-state index is -0.177. The number of thiazole rings is 2. The molecular weight excluding hydrogens is 528 g/mol. The van der Waals surface area contributed by atoms with Gasteiger partial charge in [0.25, 0.3) is 11.8 Å². The maximum Gasteiger partial charge on any atom is 0.273 e. The first kappa shape index (κ1) is 25.8. The molecule has 2 amide bonds. The average Bonchev–Trinajstić information content (AvgIpc) is 3.72. The topological polar surface area (TPSA) is 91.3 Å². The van der Waals surface area contributed by atoms with Crippen molar-refractivity contribution < 1.29 is 9.59 Å². The fourth-order valence-electron chi connectivity index (χ4n) is 5.41. The van der Waals surface area contributed by atoms with Crippen LogP contribution >= 0.6 is 22.7 Å². The van der Waals surface area contributed by atoms with Gasteiger partial charge in [-0.3, -0.25) is 19.9 Å². The molecule has 2 atom stereocenters. The number of amides is 2. The summed E-state index contributed by atoms with van der Waals surface area (Å²) in [5, 5.41) is 6.27. The number of rotatable bonds is 6. The van der Waals surface area contributed by atoms with E-state index < -0.39 is 0 Å². The highest BCUT2D eigenvalue weighted by atomic mass is 32.1. The molecule has 4 aromatic rings. The standard InChI is InChI=1S/C29H30N6O2S2/c1-34(2)21-10-11-25-22(15-21)32-29(39-25)33-26(36)19-7-3-6-18(14-19)24-9-5-13-35(24)28(37)23-17-38-27(31-23)20-8-4-12-30-16-20/h3-4,6-8,12,14,16-17,21,24H,5,9-11,13,15H2,1-2H3,(H,32,33,36)/t21-,24+/m0/s1. The van der Waals surface area contributed by atoms with E-state index in [-0.39, 0.29) is 17.9 Å². The molecular formula is C29H30N6O2S2. The number of aryl methyl sites for hydroxylation is 1. The van der Waals surface area contributed by atoms with E-state index in [1.807, 2.05) is 46.7 Å². The third-order valence-electron chi connectivity index (χ3n) is 7.54. The molecule has 1 saturated heterocycles. The van der Waals surface area contributed by atoms with Crippen LogP contribution in [0.3, 0.4) is 0 Å². The van der Waals surface area contributed by atoms with Gasteiger partial charge < -0.3 is 9.80 Å². The minimum Gasteiger partial charge on any atom is -0.330 e. The van der Waals surface area contributed by atoms with Gasteiger partial charge in [-0.05, 0) is 69.6 Å². The molecule has 1 aliphatic carbocycles. The van der Waals surface area contributed by atoms with Gasteiger partial charge in [0.2, 0.25) is 0 Å². The summed E-state index contributed by atoms with van der Waals surface area (Å²) in [6.45, 7) is 0.665. The Morgan fingerprint density at radius 3 is 2.85 bits per heavy atom. The summed E-state index contributed by atoms with van der Waals surface area (Å²) >= 11 is 3.03. The number of likely N-dealkylation sites (N-methyl/N-ethyl adjacent to an activating group) is 1. The summed E-state index contributed by atoms with van der Waals surface area (Å²) in [4.78, 5) is 45.6. The van der Waals surface area contributed by atoms with Gasteiger partial charge in [-0.15, -0.1) is 22.7 Å². The maximum absolute atomic E-state index is 13.5. The van der Waals surface area contributed by atoms with Crippen molar-refractivity contribution in [1.29, 1.82) is 0 Å². The molecule has 0 saturated carbocycles. The number of aromatic nitrogens is 3. The van der Waals surface area contributed by atoms with Gasteiger partial charge in [-0.25, -0.2) is 9.97 Å². The molecule has 1 aliphatic heterocycles. The molecule has 200 valence electrons. The van der Waals surface area contributed by atoms with E-state index in [4.69, 9.17) is 4.98 Å². The van der Waals surface area contributed by atoms with Crippen LogP contribution in [0.2, 0.25) is 0 Å². The number of anilines is 1. The summed E-state index contributed by atoms with van der Waals surface area (Å²) in [7, 11) is 4.21. The summed E-state index contributed by atoms with van der Waals surface area (Å²) in [6, 6.07) is 11.8. The van der Waals surface area contributed by atoms with E-state index in [0.717, 1.165) is 53.9 Å². The monoisotopic (exact) mass is 558 g/mol. The quantitative estimate of drug-likeness (QED) is 0.345. The van der Waals surface area contributed by atoms with Crippen LogP contribution in [0.5, 0.6) is 0 Å². The van der Waals surface area contributed by atoms with Crippen LogP contribution in [-0.2, 0) is 12.8 Å². The van der Waals surface area contributed by atoms with Gasteiger partial charge in [-0.1, -0.05) is 12.1 Å². The third-order valence-corrected chi connectivity index (χ3v) is 9.51. The number of hydrogen-bond donors (Lipinski definition) is 1. The van der Waals surface area contributed by atoms with E-state index in [9.17, 15) is 9.59 Å². The van der Waals surface area contributed by atoms with Crippen LogP contribution < -0.4 is 5.32 Å². The summed E-state index contributed by atoms with van der Waals surface area (Å²) < 4.78 is 0. The van der Waals surface area contributed by atoms with E-state index in [2.05, 4.69) is 34.3 Å².